The van der Waals surface area contributed by atoms with Gasteiger partial charge in [0.25, 0.3) is 0 Å². The van der Waals surface area contributed by atoms with Gasteiger partial charge in [0.05, 0.1) is 18.7 Å². The Labute approximate surface area is 98.7 Å². The Hall–Kier alpha value is -0.740. The SMILES string of the molecule is COc1cc(C(C)(C)N)c(OC)cc1Br. The minimum Gasteiger partial charge on any atom is -0.496 e. The fourth-order valence-corrected chi connectivity index (χ4v) is 1.85. The van der Waals surface area contributed by atoms with Gasteiger partial charge in [0.1, 0.15) is 11.5 Å². The van der Waals surface area contributed by atoms with E-state index >= 15 is 0 Å². The third kappa shape index (κ3) is 2.63. The number of ether oxygens (including phenoxy) is 2. The van der Waals surface area contributed by atoms with E-state index in [0.29, 0.717) is 0 Å². The molecule has 2 N–H and O–H groups in total. The number of hydrogen-bond acceptors (Lipinski definition) is 3. The number of nitrogens with two attached hydrogens (primary N) is 1. The van der Waals surface area contributed by atoms with Crippen LogP contribution in [0.15, 0.2) is 16.6 Å². The van der Waals surface area contributed by atoms with Crippen LogP contribution in [0.2, 0.25) is 0 Å². The molecule has 0 saturated carbocycles. The number of benzene rings is 1. The molecule has 0 aliphatic rings. The molecule has 1 rings (SSSR count). The number of rotatable bonds is 3. The van der Waals surface area contributed by atoms with Crippen molar-refractivity contribution in [2.75, 3.05) is 14.2 Å². The minimum atomic E-state index is -0.459. The maximum atomic E-state index is 6.06. The zero-order valence-electron chi connectivity index (χ0n) is 9.43. The van der Waals surface area contributed by atoms with Gasteiger partial charge < -0.3 is 15.2 Å². The van der Waals surface area contributed by atoms with Gasteiger partial charge in [-0.05, 0) is 41.9 Å². The van der Waals surface area contributed by atoms with E-state index < -0.39 is 5.54 Å². The molecule has 0 heterocycles. The Balaban J connectivity index is 3.36. The first-order chi connectivity index (χ1) is 6.90. The van der Waals surface area contributed by atoms with Gasteiger partial charge in [-0.1, -0.05) is 0 Å². The molecule has 0 fully saturated rings. The largest absolute Gasteiger partial charge is 0.496 e. The molecule has 0 unspecified atom stereocenters. The molecule has 0 aromatic heterocycles. The predicted octanol–water partition coefficient (Wildman–Crippen LogP) is 2.66. The van der Waals surface area contributed by atoms with Gasteiger partial charge in [0.15, 0.2) is 0 Å². The first-order valence-corrected chi connectivity index (χ1v) is 5.40. The Morgan fingerprint density at radius 2 is 1.67 bits per heavy atom. The van der Waals surface area contributed by atoms with Crippen molar-refractivity contribution >= 4 is 15.9 Å². The highest BCUT2D eigenvalue weighted by molar-refractivity contribution is 9.10. The lowest BCUT2D eigenvalue weighted by atomic mass is 9.94. The van der Waals surface area contributed by atoms with Gasteiger partial charge >= 0.3 is 0 Å². The van der Waals surface area contributed by atoms with Crippen molar-refractivity contribution in [2.24, 2.45) is 5.73 Å². The Morgan fingerprint density at radius 1 is 1.13 bits per heavy atom. The van der Waals surface area contributed by atoms with Crippen molar-refractivity contribution < 1.29 is 9.47 Å². The molecule has 0 aliphatic carbocycles. The summed E-state index contributed by atoms with van der Waals surface area (Å²) in [5, 5.41) is 0. The van der Waals surface area contributed by atoms with Gasteiger partial charge in [-0.3, -0.25) is 0 Å². The second-order valence-corrected chi connectivity index (χ2v) is 4.76. The van der Waals surface area contributed by atoms with Crippen LogP contribution < -0.4 is 15.2 Å². The molecule has 3 nitrogen and oxygen atoms in total. The van der Waals surface area contributed by atoms with Crippen LogP contribution in [0.5, 0.6) is 11.5 Å². The van der Waals surface area contributed by atoms with E-state index in [9.17, 15) is 0 Å². The molecule has 0 bridgehead atoms. The summed E-state index contributed by atoms with van der Waals surface area (Å²) in [6, 6.07) is 3.76. The smallest absolute Gasteiger partial charge is 0.133 e. The van der Waals surface area contributed by atoms with Crippen molar-refractivity contribution in [3.05, 3.63) is 22.2 Å². The van der Waals surface area contributed by atoms with Crippen LogP contribution in [0.1, 0.15) is 19.4 Å². The summed E-state index contributed by atoms with van der Waals surface area (Å²) in [7, 11) is 3.25. The van der Waals surface area contributed by atoms with E-state index in [0.717, 1.165) is 21.5 Å². The van der Waals surface area contributed by atoms with Crippen molar-refractivity contribution in [3.63, 3.8) is 0 Å². The summed E-state index contributed by atoms with van der Waals surface area (Å²) in [6.07, 6.45) is 0. The lowest BCUT2D eigenvalue weighted by Gasteiger charge is -2.23. The molecule has 0 spiro atoms. The summed E-state index contributed by atoms with van der Waals surface area (Å²) in [6.45, 7) is 3.86. The highest BCUT2D eigenvalue weighted by Gasteiger charge is 2.21. The molecule has 1 aromatic rings. The number of methoxy groups -OCH3 is 2. The zero-order valence-corrected chi connectivity index (χ0v) is 11.0. The number of hydrogen-bond donors (Lipinski definition) is 1. The number of halogens is 1. The van der Waals surface area contributed by atoms with Gasteiger partial charge in [-0.2, -0.15) is 0 Å². The molecule has 15 heavy (non-hydrogen) atoms. The van der Waals surface area contributed by atoms with Gasteiger partial charge in [-0.15, -0.1) is 0 Å². The van der Waals surface area contributed by atoms with Crippen LogP contribution >= 0.6 is 15.9 Å². The topological polar surface area (TPSA) is 44.5 Å². The van der Waals surface area contributed by atoms with Crippen LogP contribution in [0, 0.1) is 0 Å². The summed E-state index contributed by atoms with van der Waals surface area (Å²) in [5.41, 5.74) is 6.52. The minimum absolute atomic E-state index is 0.459. The summed E-state index contributed by atoms with van der Waals surface area (Å²) >= 11 is 3.40. The van der Waals surface area contributed by atoms with Crippen molar-refractivity contribution in [2.45, 2.75) is 19.4 Å². The highest BCUT2D eigenvalue weighted by atomic mass is 79.9. The average Bonchev–Trinajstić information content (AvgIpc) is 2.15. The molecule has 0 radical (unpaired) electrons. The third-order valence-electron chi connectivity index (χ3n) is 2.17. The fraction of sp³-hybridized carbons (Fsp3) is 0.455. The normalized spacial score (nSPS) is 11.3. The monoisotopic (exact) mass is 273 g/mol. The molecule has 4 heteroatoms. The van der Waals surface area contributed by atoms with Gasteiger partial charge in [0.2, 0.25) is 0 Å². The van der Waals surface area contributed by atoms with Crippen LogP contribution in [0.4, 0.5) is 0 Å². The van der Waals surface area contributed by atoms with Crippen molar-refractivity contribution in [1.29, 1.82) is 0 Å². The summed E-state index contributed by atoms with van der Waals surface area (Å²) in [5.74, 6) is 1.51. The molecule has 84 valence electrons. The summed E-state index contributed by atoms with van der Waals surface area (Å²) < 4.78 is 11.4. The second kappa shape index (κ2) is 4.41. The molecule has 1 aromatic carbocycles. The van der Waals surface area contributed by atoms with Crippen molar-refractivity contribution in [1.82, 2.24) is 0 Å². The standard InChI is InChI=1S/C11H16BrNO2/c1-11(2,13)7-5-10(15-4)8(12)6-9(7)14-3/h5-6H,13H2,1-4H3. The van der Waals surface area contributed by atoms with E-state index in [4.69, 9.17) is 15.2 Å². The summed E-state index contributed by atoms with van der Waals surface area (Å²) in [4.78, 5) is 0. The fourth-order valence-electron chi connectivity index (χ4n) is 1.36. The van der Waals surface area contributed by atoms with Gasteiger partial charge in [-0.25, -0.2) is 0 Å². The lowest BCUT2D eigenvalue weighted by molar-refractivity contribution is 0.383. The molecule has 0 saturated heterocycles. The maximum Gasteiger partial charge on any atom is 0.133 e. The Morgan fingerprint density at radius 3 is 2.07 bits per heavy atom. The Kier molecular flexibility index (Phi) is 3.62. The van der Waals surface area contributed by atoms with Gasteiger partial charge in [0, 0.05) is 11.1 Å². The van der Waals surface area contributed by atoms with E-state index in [2.05, 4.69) is 15.9 Å². The quantitative estimate of drug-likeness (QED) is 0.921. The molecular formula is C11H16BrNO2. The first-order valence-electron chi connectivity index (χ1n) is 4.61. The second-order valence-electron chi connectivity index (χ2n) is 3.91. The van der Waals surface area contributed by atoms with Crippen molar-refractivity contribution in [3.8, 4) is 11.5 Å². The highest BCUT2D eigenvalue weighted by Crippen LogP contribution is 2.36. The average molecular weight is 274 g/mol. The van der Waals surface area contributed by atoms with E-state index in [-0.39, 0.29) is 0 Å². The maximum absolute atomic E-state index is 6.06. The third-order valence-corrected chi connectivity index (χ3v) is 2.79. The van der Waals surface area contributed by atoms with E-state index in [1.54, 1.807) is 14.2 Å². The van der Waals surface area contributed by atoms with E-state index in [1.807, 2.05) is 26.0 Å². The molecule has 0 aliphatic heterocycles. The molecule has 0 amide bonds. The molecular weight excluding hydrogens is 258 g/mol. The Bertz CT molecular complexity index is 358. The van der Waals surface area contributed by atoms with E-state index in [1.165, 1.54) is 0 Å². The van der Waals surface area contributed by atoms with Crippen LogP contribution in [-0.4, -0.2) is 14.2 Å². The first kappa shape index (κ1) is 12.3. The van der Waals surface area contributed by atoms with Crippen LogP contribution in [-0.2, 0) is 5.54 Å². The van der Waals surface area contributed by atoms with Crippen LogP contribution in [0.25, 0.3) is 0 Å². The lowest BCUT2D eigenvalue weighted by Crippen LogP contribution is -2.29. The van der Waals surface area contributed by atoms with Crippen LogP contribution in [0.3, 0.4) is 0 Å². The molecule has 0 atom stereocenters. The zero-order chi connectivity index (χ0) is 11.6. The predicted molar refractivity (Wildman–Crippen MR) is 64.5 cm³/mol.